The van der Waals surface area contributed by atoms with E-state index < -0.39 is 5.92 Å². The first-order valence-electron chi connectivity index (χ1n) is 9.20. The number of nitrogens with zero attached hydrogens (tertiary/aromatic N) is 1. The van der Waals surface area contributed by atoms with E-state index in [-0.39, 0.29) is 37.2 Å². The van der Waals surface area contributed by atoms with Crippen molar-refractivity contribution in [1.82, 2.24) is 9.72 Å². The van der Waals surface area contributed by atoms with Crippen molar-refractivity contribution in [3.8, 4) is 0 Å². The van der Waals surface area contributed by atoms with Gasteiger partial charge in [0, 0.05) is 37.2 Å². The third-order valence-electron chi connectivity index (χ3n) is 5.43. The summed E-state index contributed by atoms with van der Waals surface area (Å²) in [7, 11) is 0. The van der Waals surface area contributed by atoms with Crippen LogP contribution >= 0.6 is 0 Å². The van der Waals surface area contributed by atoms with Crippen molar-refractivity contribution in [2.75, 3.05) is 13.2 Å². The molecule has 1 atom stereocenters. The van der Waals surface area contributed by atoms with Gasteiger partial charge in [0.2, 0.25) is 5.92 Å². The summed E-state index contributed by atoms with van der Waals surface area (Å²) < 4.78 is 28.5. The fourth-order valence-electron chi connectivity index (χ4n) is 3.74. The van der Waals surface area contributed by atoms with E-state index in [2.05, 4.69) is 5.32 Å². The lowest BCUT2D eigenvalue weighted by atomic mass is 9.87. The number of aliphatic hydroxyl groups excluding tert-OH is 1. The van der Waals surface area contributed by atoms with Gasteiger partial charge in [-0.1, -0.05) is 13.0 Å². The highest BCUT2D eigenvalue weighted by Crippen LogP contribution is 2.35. The number of carbonyl (C=O) groups is 1. The molecule has 1 amide bonds. The molecule has 1 fully saturated rings. The smallest absolute Gasteiger partial charge is 0.253 e. The Morgan fingerprint density at radius 3 is 2.77 bits per heavy atom. The number of nitrogens with one attached hydrogen (secondary N) is 1. The third kappa shape index (κ3) is 3.75. The first-order valence-corrected chi connectivity index (χ1v) is 9.20. The zero-order valence-electron chi connectivity index (χ0n) is 15.3. The predicted molar refractivity (Wildman–Crippen MR) is 96.9 cm³/mol. The Balaban J connectivity index is 1.78. The van der Waals surface area contributed by atoms with E-state index in [9.17, 15) is 18.7 Å². The van der Waals surface area contributed by atoms with Crippen LogP contribution in [-0.4, -0.2) is 34.5 Å². The molecule has 1 aliphatic carbocycles. The molecule has 26 heavy (non-hydrogen) atoms. The molecule has 2 aromatic rings. The van der Waals surface area contributed by atoms with Gasteiger partial charge in [-0.3, -0.25) is 4.79 Å². The number of amides is 1. The molecule has 6 heteroatoms. The van der Waals surface area contributed by atoms with E-state index in [1.54, 1.807) is 0 Å². The van der Waals surface area contributed by atoms with Gasteiger partial charge in [0.05, 0.1) is 17.7 Å². The average molecular weight is 364 g/mol. The number of aryl methyl sites for hydroxylation is 1. The van der Waals surface area contributed by atoms with Crippen molar-refractivity contribution in [1.29, 1.82) is 0 Å². The van der Waals surface area contributed by atoms with Crippen LogP contribution in [0.15, 0.2) is 24.4 Å². The first kappa shape index (κ1) is 18.8. The maximum Gasteiger partial charge on any atom is 0.253 e. The maximum absolute atomic E-state index is 13.3. The van der Waals surface area contributed by atoms with Crippen LogP contribution in [0.5, 0.6) is 0 Å². The summed E-state index contributed by atoms with van der Waals surface area (Å²) >= 11 is 0. The molecule has 2 heterocycles. The minimum absolute atomic E-state index is 0.00258. The molecule has 0 spiro atoms. The highest BCUT2D eigenvalue weighted by molar-refractivity contribution is 6.02. The molecule has 4 nitrogen and oxygen atoms in total. The molecule has 142 valence electrons. The van der Waals surface area contributed by atoms with Crippen molar-refractivity contribution in [2.45, 2.75) is 51.4 Å². The summed E-state index contributed by atoms with van der Waals surface area (Å²) in [5.41, 5.74) is 3.26. The van der Waals surface area contributed by atoms with Crippen molar-refractivity contribution in [3.05, 3.63) is 41.2 Å². The Bertz CT molecular complexity index is 790. The summed E-state index contributed by atoms with van der Waals surface area (Å²) in [6.45, 7) is 4.27. The zero-order chi connectivity index (χ0) is 18.9. The molecule has 3 rings (SSSR count). The summed E-state index contributed by atoms with van der Waals surface area (Å²) in [5.74, 6) is -2.73. The molecule has 1 aliphatic rings. The topological polar surface area (TPSA) is 53.7 Å². The van der Waals surface area contributed by atoms with Gasteiger partial charge in [-0.05, 0) is 43.4 Å². The van der Waals surface area contributed by atoms with Gasteiger partial charge < -0.3 is 14.8 Å². The summed E-state index contributed by atoms with van der Waals surface area (Å²) in [6.07, 6.45) is 2.58. The summed E-state index contributed by atoms with van der Waals surface area (Å²) in [4.78, 5) is 12.8. The molecular formula is C20H26F2N2O2. The van der Waals surface area contributed by atoms with Gasteiger partial charge in [-0.2, -0.15) is 0 Å². The number of pyridine rings is 1. The van der Waals surface area contributed by atoms with E-state index in [0.717, 1.165) is 16.8 Å². The molecule has 1 unspecified atom stereocenters. The summed E-state index contributed by atoms with van der Waals surface area (Å²) in [6, 6.07) is 5.69. The number of halogens is 2. The molecule has 1 saturated carbocycles. The lowest BCUT2D eigenvalue weighted by Crippen LogP contribution is -2.33. The zero-order valence-corrected chi connectivity index (χ0v) is 15.3. The Labute approximate surface area is 152 Å². The third-order valence-corrected chi connectivity index (χ3v) is 5.43. The standard InChI is InChI=1S/C20H26F2N2O2/c1-13-4-3-9-24-17(14(2)12-25)10-16(18(13)24)19(26)23-11-15-5-7-20(21,22)8-6-15/h3-4,9-10,14-15,25H,5-8,11-12H2,1-2H3,(H,23,26). The normalized spacial score (nSPS) is 18.8. The molecule has 2 N–H and O–H groups in total. The van der Waals surface area contributed by atoms with E-state index in [0.29, 0.717) is 24.9 Å². The van der Waals surface area contributed by atoms with E-state index in [4.69, 9.17) is 0 Å². The number of alkyl halides is 2. The summed E-state index contributed by atoms with van der Waals surface area (Å²) in [5, 5.41) is 12.4. The van der Waals surface area contributed by atoms with E-state index in [1.807, 2.05) is 42.6 Å². The van der Waals surface area contributed by atoms with Crippen molar-refractivity contribution in [3.63, 3.8) is 0 Å². The van der Waals surface area contributed by atoms with Crippen molar-refractivity contribution in [2.24, 2.45) is 5.92 Å². The maximum atomic E-state index is 13.3. The van der Waals surface area contributed by atoms with Crippen LogP contribution in [0.3, 0.4) is 0 Å². The Morgan fingerprint density at radius 2 is 2.12 bits per heavy atom. The molecule has 0 saturated heterocycles. The van der Waals surface area contributed by atoms with Crippen LogP contribution in [0, 0.1) is 12.8 Å². The second kappa shape index (κ2) is 7.35. The van der Waals surface area contributed by atoms with E-state index in [1.165, 1.54) is 0 Å². The monoisotopic (exact) mass is 364 g/mol. The van der Waals surface area contributed by atoms with Crippen LogP contribution in [0.1, 0.15) is 60.1 Å². The quantitative estimate of drug-likeness (QED) is 0.845. The number of carbonyl (C=O) groups excluding carboxylic acids is 1. The lowest BCUT2D eigenvalue weighted by molar-refractivity contribution is -0.0452. The molecule has 0 radical (unpaired) electrons. The molecule has 2 aromatic heterocycles. The van der Waals surface area contributed by atoms with Gasteiger partial charge in [0.25, 0.3) is 5.91 Å². The second-order valence-corrected chi connectivity index (χ2v) is 7.49. The van der Waals surface area contributed by atoms with Crippen molar-refractivity contribution >= 4 is 11.4 Å². The minimum atomic E-state index is -2.55. The SMILES string of the molecule is Cc1cccn2c(C(C)CO)cc(C(=O)NCC3CCC(F)(F)CC3)c12. The Hall–Kier alpha value is -1.95. The largest absolute Gasteiger partial charge is 0.396 e. The van der Waals surface area contributed by atoms with Gasteiger partial charge >= 0.3 is 0 Å². The molecule has 0 aromatic carbocycles. The number of hydrogen-bond donors (Lipinski definition) is 2. The number of fused-ring (bicyclic) bond motifs is 1. The number of rotatable bonds is 5. The molecule has 0 aliphatic heterocycles. The highest BCUT2D eigenvalue weighted by atomic mass is 19.3. The van der Waals surface area contributed by atoms with Gasteiger partial charge in [-0.25, -0.2) is 8.78 Å². The van der Waals surface area contributed by atoms with Crippen LogP contribution in [0.25, 0.3) is 5.52 Å². The van der Waals surface area contributed by atoms with Gasteiger partial charge in [0.1, 0.15) is 0 Å². The number of aromatic nitrogens is 1. The minimum Gasteiger partial charge on any atom is -0.396 e. The molecular weight excluding hydrogens is 338 g/mol. The van der Waals surface area contributed by atoms with Gasteiger partial charge in [-0.15, -0.1) is 0 Å². The van der Waals surface area contributed by atoms with Crippen LogP contribution in [0.2, 0.25) is 0 Å². The fraction of sp³-hybridized carbons (Fsp3) is 0.550. The predicted octanol–water partition coefficient (Wildman–Crippen LogP) is 3.90. The number of hydrogen-bond acceptors (Lipinski definition) is 2. The van der Waals surface area contributed by atoms with Crippen LogP contribution in [-0.2, 0) is 0 Å². The van der Waals surface area contributed by atoms with Crippen LogP contribution < -0.4 is 5.32 Å². The fourth-order valence-corrected chi connectivity index (χ4v) is 3.74. The van der Waals surface area contributed by atoms with Crippen LogP contribution in [0.4, 0.5) is 8.78 Å². The number of aliphatic hydroxyl groups is 1. The Kier molecular flexibility index (Phi) is 5.32. The Morgan fingerprint density at radius 1 is 1.42 bits per heavy atom. The second-order valence-electron chi connectivity index (χ2n) is 7.49. The average Bonchev–Trinajstić information content (AvgIpc) is 3.01. The van der Waals surface area contributed by atoms with Gasteiger partial charge in [0.15, 0.2) is 0 Å². The molecule has 0 bridgehead atoms. The lowest BCUT2D eigenvalue weighted by Gasteiger charge is -2.28. The highest BCUT2D eigenvalue weighted by Gasteiger charge is 2.35. The van der Waals surface area contributed by atoms with Crippen molar-refractivity contribution < 1.29 is 18.7 Å². The van der Waals surface area contributed by atoms with E-state index >= 15 is 0 Å². The first-order chi connectivity index (χ1) is 12.3.